The molecule has 0 spiro atoms. The SMILES string of the molecule is COC1=C[C@@H]2[C@@H]3Cc4ccc(OC)c(O)c4[C@]2(CCN3C)C/C1=N\Nc1ccc([N+](=O)[O-])c([N+](=O)[O-])c1. The number of phenolic OH excluding ortho intramolecular Hbond substituents is 1. The number of likely N-dealkylation sites (N-methyl/N-ethyl adjacent to an activating group) is 1. The summed E-state index contributed by atoms with van der Waals surface area (Å²) in [6.45, 7) is 0.836. The summed E-state index contributed by atoms with van der Waals surface area (Å²) < 4.78 is 11.1. The number of hydrazone groups is 1. The Labute approximate surface area is 212 Å². The lowest BCUT2D eigenvalue weighted by atomic mass is 9.53. The van der Waals surface area contributed by atoms with Gasteiger partial charge in [0, 0.05) is 41.5 Å². The van der Waals surface area contributed by atoms with E-state index in [1.807, 2.05) is 6.07 Å². The minimum Gasteiger partial charge on any atom is -0.504 e. The number of anilines is 1. The van der Waals surface area contributed by atoms with Crippen molar-refractivity contribution in [1.29, 1.82) is 0 Å². The molecule has 2 aromatic rings. The third-order valence-electron chi connectivity index (χ3n) is 7.91. The average Bonchev–Trinajstić information content (AvgIpc) is 2.88. The minimum absolute atomic E-state index is 0.0612. The highest BCUT2D eigenvalue weighted by Gasteiger charge is 2.56. The zero-order chi connectivity index (χ0) is 26.5. The Morgan fingerprint density at radius 3 is 2.57 bits per heavy atom. The van der Waals surface area contributed by atoms with Crippen molar-refractivity contribution in [3.8, 4) is 11.5 Å². The number of phenols is 1. The van der Waals surface area contributed by atoms with Gasteiger partial charge >= 0.3 is 11.4 Å². The molecule has 3 aliphatic rings. The maximum Gasteiger partial charge on any atom is 0.348 e. The molecule has 0 saturated carbocycles. The van der Waals surface area contributed by atoms with Crippen LogP contribution in [0.1, 0.15) is 24.0 Å². The van der Waals surface area contributed by atoms with Gasteiger partial charge in [-0.3, -0.25) is 25.7 Å². The van der Waals surface area contributed by atoms with Crippen LogP contribution >= 0.6 is 0 Å². The maximum absolute atomic E-state index is 11.4. The first-order valence-electron chi connectivity index (χ1n) is 11.8. The molecule has 5 rings (SSSR count). The lowest BCUT2D eigenvalue weighted by molar-refractivity contribution is -0.422. The average molecular weight is 510 g/mol. The Kier molecular flexibility index (Phi) is 5.98. The molecule has 2 bridgehead atoms. The number of nitro groups is 2. The van der Waals surface area contributed by atoms with Crippen LogP contribution < -0.4 is 10.2 Å². The number of fused-ring (bicyclic) bond motifs is 1. The summed E-state index contributed by atoms with van der Waals surface area (Å²) in [6.07, 6.45) is 4.07. The molecule has 2 aromatic carbocycles. The predicted molar refractivity (Wildman–Crippen MR) is 135 cm³/mol. The van der Waals surface area contributed by atoms with Crippen molar-refractivity contribution in [2.75, 3.05) is 33.2 Å². The van der Waals surface area contributed by atoms with Crippen molar-refractivity contribution in [2.24, 2.45) is 11.0 Å². The van der Waals surface area contributed by atoms with Crippen LogP contribution in [0.2, 0.25) is 0 Å². The zero-order valence-corrected chi connectivity index (χ0v) is 20.6. The highest BCUT2D eigenvalue weighted by atomic mass is 16.6. The minimum atomic E-state index is -0.797. The summed E-state index contributed by atoms with van der Waals surface area (Å²) in [5.74, 6) is 1.20. The third kappa shape index (κ3) is 3.84. The molecular weight excluding hydrogens is 482 g/mol. The van der Waals surface area contributed by atoms with E-state index in [0.717, 1.165) is 42.6 Å². The summed E-state index contributed by atoms with van der Waals surface area (Å²) in [7, 11) is 5.20. The summed E-state index contributed by atoms with van der Waals surface area (Å²) in [5.41, 5.74) is 3.89. The Morgan fingerprint density at radius 1 is 1.14 bits per heavy atom. The second-order valence-corrected chi connectivity index (χ2v) is 9.63. The Morgan fingerprint density at radius 2 is 1.89 bits per heavy atom. The molecule has 0 amide bonds. The number of benzene rings is 2. The first kappa shape index (κ1) is 24.5. The largest absolute Gasteiger partial charge is 0.504 e. The smallest absolute Gasteiger partial charge is 0.348 e. The van der Waals surface area contributed by atoms with Crippen LogP contribution in [0.15, 0.2) is 47.3 Å². The van der Waals surface area contributed by atoms with Gasteiger partial charge in [0.2, 0.25) is 0 Å². The lowest BCUT2D eigenvalue weighted by Gasteiger charge is -2.57. The zero-order valence-electron chi connectivity index (χ0n) is 20.6. The second kappa shape index (κ2) is 9.04. The number of hydrogen-bond donors (Lipinski definition) is 2. The summed E-state index contributed by atoms with van der Waals surface area (Å²) in [5, 5.41) is 38.3. The molecule has 37 heavy (non-hydrogen) atoms. The number of nitrogens with one attached hydrogen (secondary N) is 1. The first-order valence-corrected chi connectivity index (χ1v) is 11.8. The molecule has 0 aromatic heterocycles. The topological polar surface area (TPSA) is 153 Å². The molecule has 0 radical (unpaired) electrons. The highest BCUT2D eigenvalue weighted by Crippen LogP contribution is 2.57. The highest BCUT2D eigenvalue weighted by molar-refractivity contribution is 6.01. The van der Waals surface area contributed by atoms with Crippen molar-refractivity contribution < 1.29 is 24.4 Å². The molecule has 1 heterocycles. The van der Waals surface area contributed by atoms with Crippen molar-refractivity contribution in [3.63, 3.8) is 0 Å². The molecule has 12 nitrogen and oxygen atoms in total. The van der Waals surface area contributed by atoms with E-state index in [1.54, 1.807) is 13.2 Å². The fourth-order valence-electron chi connectivity index (χ4n) is 6.17. The van der Waals surface area contributed by atoms with Crippen LogP contribution in [0, 0.1) is 26.1 Å². The number of rotatable bonds is 6. The number of hydrogen-bond acceptors (Lipinski definition) is 10. The van der Waals surface area contributed by atoms with Gasteiger partial charge in [0.15, 0.2) is 11.5 Å². The number of methoxy groups -OCH3 is 2. The molecule has 2 aliphatic carbocycles. The fraction of sp³-hybridized carbons (Fsp3) is 0.400. The molecule has 1 saturated heterocycles. The van der Waals surface area contributed by atoms with E-state index in [1.165, 1.54) is 13.2 Å². The van der Waals surface area contributed by atoms with Crippen molar-refractivity contribution in [3.05, 3.63) is 73.5 Å². The van der Waals surface area contributed by atoms with E-state index in [9.17, 15) is 25.3 Å². The van der Waals surface area contributed by atoms with Gasteiger partial charge in [0.1, 0.15) is 11.5 Å². The number of allylic oxidation sites excluding steroid dienone is 1. The Hall–Kier alpha value is -4.19. The molecule has 3 atom stereocenters. The number of ether oxygens (including phenoxy) is 2. The monoisotopic (exact) mass is 509 g/mol. The number of likely N-dealkylation sites (tertiary alicyclic amines) is 1. The van der Waals surface area contributed by atoms with Crippen molar-refractivity contribution in [2.45, 2.75) is 30.7 Å². The van der Waals surface area contributed by atoms with Crippen LogP contribution in [-0.4, -0.2) is 59.4 Å². The van der Waals surface area contributed by atoms with Gasteiger partial charge in [-0.1, -0.05) is 6.07 Å². The van der Waals surface area contributed by atoms with E-state index < -0.39 is 26.6 Å². The van der Waals surface area contributed by atoms with Crippen LogP contribution in [0.5, 0.6) is 11.5 Å². The number of aromatic hydroxyl groups is 1. The second-order valence-electron chi connectivity index (χ2n) is 9.63. The van der Waals surface area contributed by atoms with Gasteiger partial charge < -0.3 is 19.5 Å². The lowest BCUT2D eigenvalue weighted by Crippen LogP contribution is -2.60. The molecule has 194 valence electrons. The fourth-order valence-corrected chi connectivity index (χ4v) is 6.17. The predicted octanol–water partition coefficient (Wildman–Crippen LogP) is 3.73. The van der Waals surface area contributed by atoms with Gasteiger partial charge in [-0.15, -0.1) is 0 Å². The quantitative estimate of drug-likeness (QED) is 0.438. The van der Waals surface area contributed by atoms with E-state index in [0.29, 0.717) is 23.6 Å². The maximum atomic E-state index is 11.4. The van der Waals surface area contributed by atoms with Crippen LogP contribution in [0.3, 0.4) is 0 Å². The molecule has 2 N–H and O–H groups in total. The Balaban J connectivity index is 1.58. The standard InChI is InChI=1S/C25H27N5O7/c1-28-9-8-25-13-17(27-26-15-5-6-18(29(32)33)20(11-15)30(34)35)22(37-3)12-16(25)19(28)10-14-4-7-21(36-2)24(31)23(14)25/h4-7,11-12,16,19,26,31H,8-10,13H2,1-3H3/b27-17+/t16-,19+,25-/m1/s1. The van der Waals surface area contributed by atoms with Crippen molar-refractivity contribution in [1.82, 2.24) is 4.90 Å². The van der Waals surface area contributed by atoms with E-state index in [-0.39, 0.29) is 23.4 Å². The summed E-state index contributed by atoms with van der Waals surface area (Å²) in [4.78, 5) is 23.3. The number of nitro benzene ring substituents is 2. The number of piperidine rings is 1. The first-order chi connectivity index (χ1) is 17.7. The van der Waals surface area contributed by atoms with Gasteiger partial charge in [-0.25, -0.2) is 0 Å². The normalized spacial score (nSPS) is 25.5. The Bertz CT molecular complexity index is 1360. The molecule has 1 fully saturated rings. The molecule has 12 heteroatoms. The third-order valence-corrected chi connectivity index (χ3v) is 7.91. The van der Waals surface area contributed by atoms with Gasteiger partial charge in [0.25, 0.3) is 0 Å². The van der Waals surface area contributed by atoms with E-state index in [2.05, 4.69) is 28.6 Å². The van der Waals surface area contributed by atoms with E-state index >= 15 is 0 Å². The molecule has 0 unspecified atom stereocenters. The van der Waals surface area contributed by atoms with Gasteiger partial charge in [0.05, 0.1) is 29.8 Å². The van der Waals surface area contributed by atoms with E-state index in [4.69, 9.17) is 9.47 Å². The number of nitrogens with zero attached hydrogens (tertiary/aromatic N) is 4. The van der Waals surface area contributed by atoms with Crippen LogP contribution in [0.4, 0.5) is 17.1 Å². The van der Waals surface area contributed by atoms with Gasteiger partial charge in [-0.2, -0.15) is 5.10 Å². The summed E-state index contributed by atoms with van der Waals surface area (Å²) in [6, 6.07) is 7.54. The van der Waals surface area contributed by atoms with Gasteiger partial charge in [-0.05, 0) is 50.2 Å². The van der Waals surface area contributed by atoms with Crippen LogP contribution in [-0.2, 0) is 16.6 Å². The van der Waals surface area contributed by atoms with Crippen LogP contribution in [0.25, 0.3) is 0 Å². The molecule has 1 aliphatic heterocycles. The summed E-state index contributed by atoms with van der Waals surface area (Å²) >= 11 is 0. The molecular formula is C25H27N5O7. The van der Waals surface area contributed by atoms with Crippen molar-refractivity contribution >= 4 is 22.8 Å².